The number of carbonyl (C=O) groups excluding carboxylic acids is 3. The van der Waals surface area contributed by atoms with Crippen LogP contribution in [0.4, 0.5) is 10.5 Å². The fourth-order valence-electron chi connectivity index (χ4n) is 3.15. The molecule has 1 aliphatic heterocycles. The highest BCUT2D eigenvalue weighted by Gasteiger charge is 2.48. The highest BCUT2D eigenvalue weighted by Crippen LogP contribution is 2.23. The Kier molecular flexibility index (Phi) is 6.10. The molecule has 0 saturated carbocycles. The van der Waals surface area contributed by atoms with E-state index in [1.54, 1.807) is 6.92 Å². The SMILES string of the molecule is C[C@]1(CCc2ccccc2)NC(=O)N(CC(=O)OCc2ccc([N+](=O)[O-])cc2)C1=O. The van der Waals surface area contributed by atoms with Crippen LogP contribution in [0.5, 0.6) is 0 Å². The first kappa shape index (κ1) is 21.0. The molecule has 9 nitrogen and oxygen atoms in total. The molecule has 3 rings (SSSR count). The average Bonchev–Trinajstić information content (AvgIpc) is 2.95. The number of hydrogen-bond acceptors (Lipinski definition) is 6. The van der Waals surface area contributed by atoms with Crippen molar-refractivity contribution in [2.75, 3.05) is 6.54 Å². The van der Waals surface area contributed by atoms with Gasteiger partial charge >= 0.3 is 12.0 Å². The number of ether oxygens (including phenoxy) is 1. The summed E-state index contributed by atoms with van der Waals surface area (Å²) in [5, 5.41) is 13.3. The van der Waals surface area contributed by atoms with Gasteiger partial charge in [0, 0.05) is 12.1 Å². The molecule has 0 radical (unpaired) electrons. The topological polar surface area (TPSA) is 119 Å². The minimum absolute atomic E-state index is 0.0702. The zero-order valence-electron chi connectivity index (χ0n) is 16.4. The van der Waals surface area contributed by atoms with Gasteiger partial charge in [0.25, 0.3) is 11.6 Å². The number of benzene rings is 2. The maximum Gasteiger partial charge on any atom is 0.326 e. The number of non-ortho nitro benzene ring substituents is 1. The largest absolute Gasteiger partial charge is 0.459 e. The summed E-state index contributed by atoms with van der Waals surface area (Å²) in [6.45, 7) is 1.02. The van der Waals surface area contributed by atoms with Crippen molar-refractivity contribution in [1.82, 2.24) is 10.2 Å². The molecule has 1 atom stereocenters. The molecule has 0 aromatic heterocycles. The number of carbonyl (C=O) groups is 3. The number of nitro groups is 1. The van der Waals surface area contributed by atoms with Crippen molar-refractivity contribution in [1.29, 1.82) is 0 Å². The summed E-state index contributed by atoms with van der Waals surface area (Å²) < 4.78 is 5.10. The normalized spacial score (nSPS) is 18.2. The van der Waals surface area contributed by atoms with E-state index in [-0.39, 0.29) is 12.3 Å². The Labute approximate surface area is 172 Å². The van der Waals surface area contributed by atoms with Crippen molar-refractivity contribution in [2.24, 2.45) is 0 Å². The van der Waals surface area contributed by atoms with E-state index in [1.807, 2.05) is 30.3 Å². The van der Waals surface area contributed by atoms with Crippen LogP contribution in [-0.2, 0) is 27.4 Å². The van der Waals surface area contributed by atoms with Gasteiger partial charge in [0.05, 0.1) is 4.92 Å². The third kappa shape index (κ3) is 4.80. The maximum absolute atomic E-state index is 12.7. The predicted molar refractivity (Wildman–Crippen MR) is 106 cm³/mol. The van der Waals surface area contributed by atoms with Gasteiger partial charge in [-0.15, -0.1) is 0 Å². The van der Waals surface area contributed by atoms with Crippen LogP contribution in [0, 0.1) is 10.1 Å². The Balaban J connectivity index is 1.54. The molecule has 2 aromatic rings. The molecule has 0 unspecified atom stereocenters. The van der Waals surface area contributed by atoms with Crippen LogP contribution < -0.4 is 5.32 Å². The van der Waals surface area contributed by atoms with Gasteiger partial charge in [-0.25, -0.2) is 4.79 Å². The first-order valence-electron chi connectivity index (χ1n) is 9.35. The number of hydrogen-bond donors (Lipinski definition) is 1. The van der Waals surface area contributed by atoms with Gasteiger partial charge in [-0.1, -0.05) is 30.3 Å². The lowest BCUT2D eigenvalue weighted by atomic mass is 9.93. The highest BCUT2D eigenvalue weighted by atomic mass is 16.6. The second kappa shape index (κ2) is 8.73. The fourth-order valence-corrected chi connectivity index (χ4v) is 3.15. The second-order valence-electron chi connectivity index (χ2n) is 7.22. The lowest BCUT2D eigenvalue weighted by molar-refractivity contribution is -0.384. The van der Waals surface area contributed by atoms with Crippen molar-refractivity contribution in [2.45, 2.75) is 31.9 Å². The van der Waals surface area contributed by atoms with E-state index < -0.39 is 34.9 Å². The summed E-state index contributed by atoms with van der Waals surface area (Å²) >= 11 is 0. The van der Waals surface area contributed by atoms with Gasteiger partial charge in [-0.3, -0.25) is 24.6 Å². The first-order chi connectivity index (χ1) is 14.3. The van der Waals surface area contributed by atoms with E-state index in [0.717, 1.165) is 10.5 Å². The van der Waals surface area contributed by atoms with Crippen LogP contribution >= 0.6 is 0 Å². The van der Waals surface area contributed by atoms with Gasteiger partial charge in [0.2, 0.25) is 0 Å². The molecule has 0 aliphatic carbocycles. The van der Waals surface area contributed by atoms with Gasteiger partial charge < -0.3 is 10.1 Å². The number of nitrogens with one attached hydrogen (secondary N) is 1. The summed E-state index contributed by atoms with van der Waals surface area (Å²) in [4.78, 5) is 48.1. The van der Waals surface area contributed by atoms with Crippen LogP contribution in [0.15, 0.2) is 54.6 Å². The van der Waals surface area contributed by atoms with Crippen LogP contribution in [0.3, 0.4) is 0 Å². The number of amides is 3. The number of esters is 1. The molecule has 1 fully saturated rings. The number of urea groups is 1. The minimum Gasteiger partial charge on any atom is -0.459 e. The summed E-state index contributed by atoms with van der Waals surface area (Å²) in [6.07, 6.45) is 0.998. The molecule has 1 saturated heterocycles. The monoisotopic (exact) mass is 411 g/mol. The molecule has 0 spiro atoms. The standard InChI is InChI=1S/C21H21N3O6/c1-21(12-11-15-5-3-2-4-6-15)19(26)23(20(27)22-21)13-18(25)30-14-16-7-9-17(10-8-16)24(28)29/h2-10H,11-14H2,1H3,(H,22,27)/t21-/m1/s1. The zero-order valence-corrected chi connectivity index (χ0v) is 16.4. The molecule has 0 bridgehead atoms. The molecule has 30 heavy (non-hydrogen) atoms. The number of nitrogens with zero attached hydrogens (tertiary/aromatic N) is 2. The Morgan fingerprint density at radius 1 is 1.10 bits per heavy atom. The minimum atomic E-state index is -1.09. The van der Waals surface area contributed by atoms with E-state index in [1.165, 1.54) is 24.3 Å². The Bertz CT molecular complexity index is 960. The number of aryl methyl sites for hydroxylation is 1. The number of imide groups is 1. The van der Waals surface area contributed by atoms with Gasteiger partial charge in [0.1, 0.15) is 18.7 Å². The lowest BCUT2D eigenvalue weighted by Gasteiger charge is -2.21. The zero-order chi connectivity index (χ0) is 21.7. The van der Waals surface area contributed by atoms with Gasteiger partial charge in [-0.05, 0) is 43.0 Å². The molecule has 9 heteroatoms. The third-order valence-corrected chi connectivity index (χ3v) is 4.94. The lowest BCUT2D eigenvalue weighted by Crippen LogP contribution is -2.44. The molecule has 1 N–H and O–H groups in total. The summed E-state index contributed by atoms with van der Waals surface area (Å²) in [7, 11) is 0. The Hall–Kier alpha value is -3.75. The van der Waals surface area contributed by atoms with Crippen molar-refractivity contribution in [3.8, 4) is 0 Å². The van der Waals surface area contributed by atoms with Crippen molar-refractivity contribution in [3.63, 3.8) is 0 Å². The summed E-state index contributed by atoms with van der Waals surface area (Å²) in [5.41, 5.74) is 0.436. The first-order valence-corrected chi connectivity index (χ1v) is 9.35. The second-order valence-corrected chi connectivity index (χ2v) is 7.22. The van der Waals surface area contributed by atoms with E-state index in [4.69, 9.17) is 4.74 Å². The molecule has 2 aromatic carbocycles. The molecule has 1 heterocycles. The van der Waals surface area contributed by atoms with Gasteiger partial charge in [-0.2, -0.15) is 0 Å². The number of nitro benzene ring substituents is 1. The summed E-state index contributed by atoms with van der Waals surface area (Å²) in [5.74, 6) is -1.22. The van der Waals surface area contributed by atoms with E-state index in [0.29, 0.717) is 18.4 Å². The number of rotatable bonds is 8. The van der Waals surface area contributed by atoms with E-state index in [2.05, 4.69) is 5.32 Å². The predicted octanol–water partition coefficient (Wildman–Crippen LogP) is 2.58. The Morgan fingerprint density at radius 3 is 2.40 bits per heavy atom. The van der Waals surface area contributed by atoms with Crippen molar-refractivity contribution in [3.05, 3.63) is 75.8 Å². The molecular formula is C21H21N3O6. The smallest absolute Gasteiger partial charge is 0.326 e. The quantitative estimate of drug-likeness (QED) is 0.309. The van der Waals surface area contributed by atoms with Crippen LogP contribution in [0.25, 0.3) is 0 Å². The molecular weight excluding hydrogens is 390 g/mol. The third-order valence-electron chi connectivity index (χ3n) is 4.94. The molecule has 3 amide bonds. The highest BCUT2D eigenvalue weighted by molar-refractivity contribution is 6.08. The van der Waals surface area contributed by atoms with Crippen LogP contribution in [0.1, 0.15) is 24.5 Å². The van der Waals surface area contributed by atoms with Crippen molar-refractivity contribution >= 4 is 23.6 Å². The Morgan fingerprint density at radius 2 is 1.77 bits per heavy atom. The molecule has 1 aliphatic rings. The maximum atomic E-state index is 12.7. The summed E-state index contributed by atoms with van der Waals surface area (Å²) in [6, 6.07) is 14.5. The van der Waals surface area contributed by atoms with E-state index >= 15 is 0 Å². The van der Waals surface area contributed by atoms with Gasteiger partial charge in [0.15, 0.2) is 0 Å². The fraction of sp³-hybridized carbons (Fsp3) is 0.286. The molecule has 156 valence electrons. The van der Waals surface area contributed by atoms with Crippen molar-refractivity contribution < 1.29 is 24.0 Å². The average molecular weight is 411 g/mol. The van der Waals surface area contributed by atoms with Crippen LogP contribution in [0.2, 0.25) is 0 Å². The van der Waals surface area contributed by atoms with E-state index in [9.17, 15) is 24.5 Å². The van der Waals surface area contributed by atoms with Crippen LogP contribution in [-0.4, -0.2) is 39.8 Å².